The summed E-state index contributed by atoms with van der Waals surface area (Å²) in [5.74, 6) is 0.707. The van der Waals surface area contributed by atoms with E-state index in [4.69, 9.17) is 9.97 Å². The van der Waals surface area contributed by atoms with Crippen LogP contribution in [0.3, 0.4) is 0 Å². The van der Waals surface area contributed by atoms with Crippen LogP contribution in [0.4, 0.5) is 0 Å². The van der Waals surface area contributed by atoms with Gasteiger partial charge in [0.25, 0.3) is 0 Å². The van der Waals surface area contributed by atoms with Crippen molar-refractivity contribution in [3.63, 3.8) is 0 Å². The SMILES string of the molecule is CC1(C)c2cc(-c3ccc(-c4nc(-c5ccccc5-c5ccccc5)cc(-c5cccc6ccccc56)n4)c4ccccc34)ccc2-c2cc3ccccc3cc21. The number of hydrogen-bond donors (Lipinski definition) is 0. The van der Waals surface area contributed by atoms with Gasteiger partial charge in [0.2, 0.25) is 0 Å². The lowest BCUT2D eigenvalue weighted by Gasteiger charge is -2.22. The van der Waals surface area contributed by atoms with Crippen molar-refractivity contribution in [2.75, 3.05) is 0 Å². The third-order valence-corrected chi connectivity index (χ3v) is 12.1. The molecule has 1 aliphatic rings. The first-order valence-electron chi connectivity index (χ1n) is 19.7. The van der Waals surface area contributed by atoms with Crippen LogP contribution in [0.1, 0.15) is 25.0 Å². The molecule has 0 spiro atoms. The van der Waals surface area contributed by atoms with Gasteiger partial charge in [-0.2, -0.15) is 0 Å². The van der Waals surface area contributed by atoms with Gasteiger partial charge in [0.1, 0.15) is 0 Å². The first-order valence-corrected chi connectivity index (χ1v) is 19.7. The van der Waals surface area contributed by atoms with Gasteiger partial charge >= 0.3 is 0 Å². The van der Waals surface area contributed by atoms with Crippen molar-refractivity contribution in [3.05, 3.63) is 205 Å². The Hall–Kier alpha value is -7.16. The molecule has 0 bridgehead atoms. The Morgan fingerprint density at radius 3 is 1.65 bits per heavy atom. The highest BCUT2D eigenvalue weighted by atomic mass is 14.9. The largest absolute Gasteiger partial charge is 0.228 e. The van der Waals surface area contributed by atoms with Crippen LogP contribution in [0, 0.1) is 0 Å². The second-order valence-electron chi connectivity index (χ2n) is 15.7. The molecule has 0 N–H and O–H groups in total. The summed E-state index contributed by atoms with van der Waals surface area (Å²) in [5.41, 5.74) is 15.0. The van der Waals surface area contributed by atoms with E-state index in [1.807, 2.05) is 0 Å². The van der Waals surface area contributed by atoms with Gasteiger partial charge in [0, 0.05) is 22.1 Å². The monoisotopic (exact) mass is 726 g/mol. The third kappa shape index (κ3) is 5.40. The molecule has 0 amide bonds. The molecule has 57 heavy (non-hydrogen) atoms. The highest BCUT2D eigenvalue weighted by molar-refractivity contribution is 6.05. The summed E-state index contributed by atoms with van der Waals surface area (Å²) in [6.45, 7) is 4.73. The second kappa shape index (κ2) is 13.0. The van der Waals surface area contributed by atoms with Gasteiger partial charge in [-0.1, -0.05) is 178 Å². The molecule has 11 rings (SSSR count). The fraction of sp³-hybridized carbons (Fsp3) is 0.0545. The Bertz CT molecular complexity index is 3210. The number of fused-ring (bicyclic) bond motifs is 6. The van der Waals surface area contributed by atoms with E-state index in [1.54, 1.807) is 0 Å². The zero-order chi connectivity index (χ0) is 38.1. The molecule has 2 nitrogen and oxygen atoms in total. The Morgan fingerprint density at radius 2 is 0.860 bits per heavy atom. The van der Waals surface area contributed by atoms with Gasteiger partial charge in [-0.15, -0.1) is 0 Å². The van der Waals surface area contributed by atoms with Gasteiger partial charge in [-0.3, -0.25) is 0 Å². The van der Waals surface area contributed by atoms with Crippen LogP contribution in [0.15, 0.2) is 194 Å². The quantitative estimate of drug-likeness (QED) is 0.176. The predicted molar refractivity (Wildman–Crippen MR) is 239 cm³/mol. The van der Waals surface area contributed by atoms with Gasteiger partial charge in [-0.05, 0) is 107 Å². The van der Waals surface area contributed by atoms with Crippen molar-refractivity contribution in [1.29, 1.82) is 0 Å². The maximum Gasteiger partial charge on any atom is 0.161 e. The van der Waals surface area contributed by atoms with E-state index < -0.39 is 0 Å². The molecule has 1 heterocycles. The minimum atomic E-state index is -0.122. The normalized spacial score (nSPS) is 12.9. The molecule has 10 aromatic rings. The molecule has 0 atom stereocenters. The minimum absolute atomic E-state index is 0.122. The number of benzene rings is 9. The van der Waals surface area contributed by atoms with E-state index in [-0.39, 0.29) is 5.41 Å². The molecule has 1 aliphatic carbocycles. The van der Waals surface area contributed by atoms with Crippen LogP contribution in [0.2, 0.25) is 0 Å². The lowest BCUT2D eigenvalue weighted by Crippen LogP contribution is -2.15. The molecule has 2 heteroatoms. The highest BCUT2D eigenvalue weighted by Gasteiger charge is 2.36. The van der Waals surface area contributed by atoms with Crippen LogP contribution in [-0.2, 0) is 5.41 Å². The van der Waals surface area contributed by atoms with Crippen LogP contribution < -0.4 is 0 Å². The van der Waals surface area contributed by atoms with Crippen molar-refractivity contribution < 1.29 is 0 Å². The number of aromatic nitrogens is 2. The first kappa shape index (κ1) is 33.2. The van der Waals surface area contributed by atoms with Crippen LogP contribution in [-0.4, -0.2) is 9.97 Å². The lowest BCUT2D eigenvalue weighted by atomic mass is 9.81. The smallest absolute Gasteiger partial charge is 0.161 e. The molecule has 0 aliphatic heterocycles. The molecular weight excluding hydrogens is 689 g/mol. The van der Waals surface area contributed by atoms with E-state index in [0.29, 0.717) is 5.82 Å². The van der Waals surface area contributed by atoms with Crippen molar-refractivity contribution in [1.82, 2.24) is 9.97 Å². The van der Waals surface area contributed by atoms with Crippen molar-refractivity contribution >= 4 is 32.3 Å². The standard InChI is InChI=1S/C55H38N2/c1-55(2)50-33-39(27-28-45(50)49-31-37-18-6-7-19-38(37)32-51(49)55)42-29-30-48(44-24-12-11-23-43(42)44)54-56-52(46-25-13-10-22-40(46)35-15-4-3-5-16-35)34-53(57-54)47-26-14-20-36-17-8-9-21-41(36)47/h3-34H,1-2H3. The molecule has 0 saturated carbocycles. The fourth-order valence-electron chi connectivity index (χ4n) is 9.20. The molecule has 0 unspecified atom stereocenters. The highest BCUT2D eigenvalue weighted by Crippen LogP contribution is 2.51. The maximum absolute atomic E-state index is 5.42. The van der Waals surface area contributed by atoms with E-state index in [2.05, 4.69) is 208 Å². The third-order valence-electron chi connectivity index (χ3n) is 12.1. The van der Waals surface area contributed by atoms with Gasteiger partial charge in [0.05, 0.1) is 11.4 Å². The minimum Gasteiger partial charge on any atom is -0.228 e. The molecule has 268 valence electrons. The molecule has 0 fully saturated rings. The summed E-state index contributed by atoms with van der Waals surface area (Å²) in [7, 11) is 0. The zero-order valence-electron chi connectivity index (χ0n) is 31.9. The summed E-state index contributed by atoms with van der Waals surface area (Å²) in [6, 6.07) is 70.1. The van der Waals surface area contributed by atoms with Crippen LogP contribution in [0.5, 0.6) is 0 Å². The second-order valence-corrected chi connectivity index (χ2v) is 15.7. The number of nitrogens with zero attached hydrogens (tertiary/aromatic N) is 2. The Balaban J connectivity index is 1.10. The summed E-state index contributed by atoms with van der Waals surface area (Å²) >= 11 is 0. The molecule has 9 aromatic carbocycles. The van der Waals surface area contributed by atoms with E-state index in [9.17, 15) is 0 Å². The zero-order valence-corrected chi connectivity index (χ0v) is 31.9. The van der Waals surface area contributed by atoms with Crippen molar-refractivity contribution in [2.24, 2.45) is 0 Å². The van der Waals surface area contributed by atoms with E-state index in [1.165, 1.54) is 60.3 Å². The van der Waals surface area contributed by atoms with Gasteiger partial charge in [-0.25, -0.2) is 9.97 Å². The van der Waals surface area contributed by atoms with Crippen LogP contribution in [0.25, 0.3) is 99.6 Å². The Kier molecular flexibility index (Phi) is 7.55. The average Bonchev–Trinajstić information content (AvgIpc) is 3.49. The molecule has 1 aromatic heterocycles. The summed E-state index contributed by atoms with van der Waals surface area (Å²) < 4.78 is 0. The van der Waals surface area contributed by atoms with Gasteiger partial charge < -0.3 is 0 Å². The Labute approximate surface area is 332 Å². The van der Waals surface area contributed by atoms with E-state index in [0.717, 1.165) is 44.6 Å². The summed E-state index contributed by atoms with van der Waals surface area (Å²) in [4.78, 5) is 10.8. The molecular formula is C55H38N2. The average molecular weight is 727 g/mol. The van der Waals surface area contributed by atoms with Crippen molar-refractivity contribution in [3.8, 4) is 67.3 Å². The fourth-order valence-corrected chi connectivity index (χ4v) is 9.20. The van der Waals surface area contributed by atoms with Gasteiger partial charge in [0.15, 0.2) is 5.82 Å². The maximum atomic E-state index is 5.42. The number of rotatable bonds is 5. The topological polar surface area (TPSA) is 25.8 Å². The van der Waals surface area contributed by atoms with Crippen molar-refractivity contribution in [2.45, 2.75) is 19.3 Å². The molecule has 0 radical (unpaired) electrons. The Morgan fingerprint density at radius 1 is 0.316 bits per heavy atom. The first-order chi connectivity index (χ1) is 28.0. The summed E-state index contributed by atoms with van der Waals surface area (Å²) in [5, 5.41) is 7.23. The predicted octanol–water partition coefficient (Wildman–Crippen LogP) is 14.6. The van der Waals surface area contributed by atoms with E-state index >= 15 is 0 Å². The number of hydrogen-bond acceptors (Lipinski definition) is 2. The lowest BCUT2D eigenvalue weighted by molar-refractivity contribution is 0.661. The molecule has 0 saturated heterocycles. The summed E-state index contributed by atoms with van der Waals surface area (Å²) in [6.07, 6.45) is 0. The van der Waals surface area contributed by atoms with Crippen LogP contribution >= 0.6 is 0 Å².